The van der Waals surface area contributed by atoms with Gasteiger partial charge in [0.25, 0.3) is 0 Å². The first-order valence-corrected chi connectivity index (χ1v) is 22.1. The van der Waals surface area contributed by atoms with E-state index in [-0.39, 0.29) is 30.3 Å². The molecular weight excluding hydrogens is 864 g/mol. The highest BCUT2D eigenvalue weighted by Gasteiger charge is 2.32. The minimum atomic E-state index is -1.01. The monoisotopic (exact) mass is 906 g/mol. The van der Waals surface area contributed by atoms with Gasteiger partial charge < -0.3 is 25.5 Å². The Balaban J connectivity index is 0.753. The Morgan fingerprint density at radius 2 is 1.70 bits per heavy atom. The summed E-state index contributed by atoms with van der Waals surface area (Å²) in [5.41, 5.74) is 6.82. The number of halogens is 2. The molecule has 1 aliphatic heterocycles. The van der Waals surface area contributed by atoms with Crippen LogP contribution in [0.4, 0.5) is 0 Å². The molecule has 2 amide bonds. The van der Waals surface area contributed by atoms with Gasteiger partial charge in [-0.15, -0.1) is 26.6 Å². The number of carboxylic acid groups (broad SMARTS) is 1. The summed E-state index contributed by atoms with van der Waals surface area (Å²) in [6.45, 7) is 7.60. The van der Waals surface area contributed by atoms with Crippen LogP contribution in [-0.2, 0) is 22.7 Å². The van der Waals surface area contributed by atoms with Gasteiger partial charge in [-0.25, -0.2) is 4.79 Å². The number of rotatable bonds is 17. The number of hydrogen-bond donors (Lipinski definition) is 4. The predicted octanol–water partition coefficient (Wildman–Crippen LogP) is 8.35. The highest BCUT2D eigenvalue weighted by atomic mass is 35.5. The van der Waals surface area contributed by atoms with Gasteiger partial charge in [0, 0.05) is 56.7 Å². The van der Waals surface area contributed by atoms with E-state index in [0.29, 0.717) is 69.9 Å². The third-order valence-corrected chi connectivity index (χ3v) is 12.7. The van der Waals surface area contributed by atoms with Gasteiger partial charge >= 0.3 is 5.97 Å². The second-order valence-electron chi connectivity index (χ2n) is 15.3. The van der Waals surface area contributed by atoms with Crippen LogP contribution in [0.5, 0.6) is 5.75 Å². The largest absolute Gasteiger partial charge is 0.492 e. The molecule has 8 rings (SSSR count). The van der Waals surface area contributed by atoms with Crippen molar-refractivity contribution in [1.82, 2.24) is 45.4 Å². The molecule has 0 saturated carbocycles. The van der Waals surface area contributed by atoms with Crippen molar-refractivity contribution in [2.75, 3.05) is 13.2 Å². The van der Waals surface area contributed by atoms with Crippen LogP contribution >= 0.6 is 34.5 Å². The molecule has 15 nitrogen and oxygen atoms in total. The van der Waals surface area contributed by atoms with E-state index >= 15 is 0 Å². The third-order valence-electron chi connectivity index (χ3n) is 10.9. The number of benzene rings is 3. The van der Waals surface area contributed by atoms with Crippen molar-refractivity contribution in [3.05, 3.63) is 128 Å². The second-order valence-corrected chi connectivity index (χ2v) is 17.3. The van der Waals surface area contributed by atoms with Crippen LogP contribution in [0.1, 0.15) is 87.4 Å². The summed E-state index contributed by atoms with van der Waals surface area (Å²) in [6, 6.07) is 17.8. The lowest BCUT2D eigenvalue weighted by Gasteiger charge is -2.13. The summed E-state index contributed by atoms with van der Waals surface area (Å²) in [4.78, 5) is 46.8. The standard InChI is InChI=1S/C45H44Cl2N10O5S/c1-25-26(2)63-44-41(25)42(29-8-12-30(46)13-9-29)51-38(43-54-52-27(3)57(43)44)21-40(59)50-22-31-24-56(55-53-31)17-6-4-5-7-39(58)48-16-18-62-32-14-10-28(11-15-32)33-19-34-35(45(60)61)23-49-37(34)20-36(33)47/h8-15,19-20,23-24,38,49H,4-7,16-18,21-22H2,1-3H3,(H,48,58)(H,50,59)(H,60,61)/t38-/m1/s1. The summed E-state index contributed by atoms with van der Waals surface area (Å²) in [6.07, 6.45) is 6.10. The summed E-state index contributed by atoms with van der Waals surface area (Å²) >= 11 is 14.4. The number of fused-ring (bicyclic) bond motifs is 4. The first-order chi connectivity index (χ1) is 30.4. The number of carbonyl (C=O) groups is 3. The maximum Gasteiger partial charge on any atom is 0.337 e. The van der Waals surface area contributed by atoms with Crippen LogP contribution < -0.4 is 15.4 Å². The number of ether oxygens (including phenoxy) is 1. The van der Waals surface area contributed by atoms with Gasteiger partial charge in [-0.05, 0) is 81.1 Å². The van der Waals surface area contributed by atoms with E-state index in [1.54, 1.807) is 28.2 Å². The Hall–Kier alpha value is -6.36. The van der Waals surface area contributed by atoms with Gasteiger partial charge in [-0.2, -0.15) is 0 Å². The Morgan fingerprint density at radius 1 is 0.921 bits per heavy atom. The van der Waals surface area contributed by atoms with E-state index in [9.17, 15) is 19.5 Å². The fraction of sp³-hybridized carbons (Fsp3) is 0.289. The zero-order valence-electron chi connectivity index (χ0n) is 34.7. The SMILES string of the molecule is Cc1sc2c(c1C)C(c1ccc(Cl)cc1)=N[C@H](CC(=O)NCc1cn(CCCCCC(=O)NCCOc3ccc(-c4cc5c(C(=O)O)c[nH]c5cc4Cl)cc3)nn1)c1nnc(C)n1-2. The Labute approximate surface area is 376 Å². The van der Waals surface area contributed by atoms with Gasteiger partial charge in [-0.1, -0.05) is 59.1 Å². The summed E-state index contributed by atoms with van der Waals surface area (Å²) in [5.74, 6) is 0.710. The zero-order chi connectivity index (χ0) is 44.2. The maximum atomic E-state index is 13.4. The molecule has 4 aromatic heterocycles. The smallest absolute Gasteiger partial charge is 0.337 e. The van der Waals surface area contributed by atoms with Gasteiger partial charge in [0.15, 0.2) is 5.82 Å². The van der Waals surface area contributed by atoms with Crippen LogP contribution in [0, 0.1) is 20.8 Å². The molecule has 0 unspecified atom stereocenters. The number of thiophene rings is 1. The number of aromatic nitrogens is 7. The molecule has 1 atom stereocenters. The number of nitrogens with zero attached hydrogens (tertiary/aromatic N) is 7. The molecule has 0 fully saturated rings. The summed E-state index contributed by atoms with van der Waals surface area (Å²) < 4.78 is 9.59. The van der Waals surface area contributed by atoms with E-state index in [2.05, 4.69) is 50.0 Å². The highest BCUT2D eigenvalue weighted by Crippen LogP contribution is 2.40. The van der Waals surface area contributed by atoms with Gasteiger partial charge in [-0.3, -0.25) is 23.8 Å². The van der Waals surface area contributed by atoms with Crippen molar-refractivity contribution in [3.8, 4) is 21.9 Å². The van der Waals surface area contributed by atoms with E-state index in [1.165, 1.54) is 11.1 Å². The number of aromatic amines is 1. The molecule has 63 heavy (non-hydrogen) atoms. The first-order valence-electron chi connectivity index (χ1n) is 20.5. The molecule has 0 bridgehead atoms. The van der Waals surface area contributed by atoms with Crippen LogP contribution in [-0.4, -0.2) is 76.5 Å². The first kappa shape index (κ1) is 43.3. The fourth-order valence-electron chi connectivity index (χ4n) is 7.55. The van der Waals surface area contributed by atoms with Crippen molar-refractivity contribution in [1.29, 1.82) is 0 Å². The number of hydrogen-bond acceptors (Lipinski definition) is 10. The molecule has 0 radical (unpaired) electrons. The lowest BCUT2D eigenvalue weighted by atomic mass is 9.99. The van der Waals surface area contributed by atoms with Crippen molar-refractivity contribution in [2.24, 2.45) is 4.99 Å². The zero-order valence-corrected chi connectivity index (χ0v) is 37.1. The van der Waals surface area contributed by atoms with E-state index in [0.717, 1.165) is 58.1 Å². The van der Waals surface area contributed by atoms with E-state index < -0.39 is 12.0 Å². The van der Waals surface area contributed by atoms with Crippen molar-refractivity contribution in [2.45, 2.75) is 72.0 Å². The van der Waals surface area contributed by atoms with Gasteiger partial charge in [0.05, 0.1) is 42.0 Å². The molecule has 1 aliphatic rings. The molecule has 0 saturated heterocycles. The lowest BCUT2D eigenvalue weighted by molar-refractivity contribution is -0.122. The normalized spacial score (nSPS) is 13.3. The summed E-state index contributed by atoms with van der Waals surface area (Å²) in [5, 5.41) is 35.4. The van der Waals surface area contributed by atoms with Crippen molar-refractivity contribution in [3.63, 3.8) is 0 Å². The van der Waals surface area contributed by atoms with E-state index in [4.69, 9.17) is 32.9 Å². The number of unbranched alkanes of at least 4 members (excludes halogenated alkanes) is 2. The number of aliphatic imine (C=N–C) groups is 1. The number of amides is 2. The minimum Gasteiger partial charge on any atom is -0.492 e. The number of aromatic carboxylic acids is 1. The second kappa shape index (κ2) is 18.9. The Morgan fingerprint density at radius 3 is 2.48 bits per heavy atom. The highest BCUT2D eigenvalue weighted by molar-refractivity contribution is 7.15. The average molecular weight is 908 g/mol. The number of H-pyrrole nitrogens is 1. The topological polar surface area (TPSA) is 194 Å². The minimum absolute atomic E-state index is 0.0457. The van der Waals surface area contributed by atoms with Gasteiger partial charge in [0.2, 0.25) is 11.8 Å². The average Bonchev–Trinajstić information content (AvgIpc) is 4.04. The predicted molar refractivity (Wildman–Crippen MR) is 242 cm³/mol. The number of carboxylic acids is 1. The molecule has 4 N–H and O–H groups in total. The number of nitrogens with one attached hydrogen (secondary N) is 3. The Bertz CT molecular complexity index is 2840. The molecule has 3 aromatic carbocycles. The quantitative estimate of drug-likeness (QED) is 0.0650. The number of carbonyl (C=O) groups excluding carboxylic acids is 2. The molecule has 5 heterocycles. The van der Waals surface area contributed by atoms with Crippen LogP contribution in [0.3, 0.4) is 0 Å². The lowest BCUT2D eigenvalue weighted by Crippen LogP contribution is -2.27. The molecule has 0 spiro atoms. The fourth-order valence-corrected chi connectivity index (χ4v) is 9.17. The molecular formula is C45H44Cl2N10O5S. The molecule has 324 valence electrons. The third kappa shape index (κ3) is 9.67. The van der Waals surface area contributed by atoms with E-state index in [1.807, 2.05) is 66.2 Å². The molecule has 7 aromatic rings. The van der Waals surface area contributed by atoms with Crippen LogP contribution in [0.15, 0.2) is 78.0 Å². The van der Waals surface area contributed by atoms with Crippen molar-refractivity contribution < 1.29 is 24.2 Å². The van der Waals surface area contributed by atoms with Crippen LogP contribution in [0.2, 0.25) is 10.0 Å². The molecule has 0 aliphatic carbocycles. The van der Waals surface area contributed by atoms with Crippen molar-refractivity contribution >= 4 is 68.9 Å². The summed E-state index contributed by atoms with van der Waals surface area (Å²) in [7, 11) is 0. The maximum absolute atomic E-state index is 13.4. The van der Waals surface area contributed by atoms with Gasteiger partial charge in [0.1, 0.15) is 34.9 Å². The molecule has 18 heteroatoms. The van der Waals surface area contributed by atoms with Crippen LogP contribution in [0.25, 0.3) is 27.0 Å². The number of aryl methyl sites for hydroxylation is 3. The Kier molecular flexibility index (Phi) is 13.0.